The topological polar surface area (TPSA) is 35.6 Å². The summed E-state index contributed by atoms with van der Waals surface area (Å²) >= 11 is 4.28. The molecule has 2 fully saturated rings. The number of thiol groups is 1. The van der Waals surface area contributed by atoms with Crippen LogP contribution < -0.4 is 5.32 Å². The summed E-state index contributed by atoms with van der Waals surface area (Å²) in [6.45, 7) is 5.36. The van der Waals surface area contributed by atoms with E-state index in [9.17, 15) is 4.79 Å². The molecule has 1 atom stereocenters. The molecule has 2 aliphatic heterocycles. The van der Waals surface area contributed by atoms with Crippen LogP contribution in [0.1, 0.15) is 12.8 Å². The van der Waals surface area contributed by atoms with Gasteiger partial charge in [0.2, 0.25) is 5.91 Å². The number of rotatable bonds is 1. The number of carbonyl (C=O) groups excluding carboxylic acids is 1. The molecule has 0 saturated carbocycles. The van der Waals surface area contributed by atoms with Gasteiger partial charge in [0.25, 0.3) is 0 Å². The predicted octanol–water partition coefficient (Wildman–Crippen LogP) is -0.0250. The first-order valence-corrected chi connectivity index (χ1v) is 6.10. The highest BCUT2D eigenvalue weighted by atomic mass is 32.1. The predicted molar refractivity (Wildman–Crippen MR) is 62.7 cm³/mol. The minimum Gasteiger partial charge on any atom is -0.340 e. The third-order valence-electron chi connectivity index (χ3n) is 3.21. The van der Waals surface area contributed by atoms with Crippen LogP contribution in [0.4, 0.5) is 0 Å². The van der Waals surface area contributed by atoms with Gasteiger partial charge in [-0.3, -0.25) is 4.79 Å². The lowest BCUT2D eigenvalue weighted by molar-refractivity contribution is -0.137. The second kappa shape index (κ2) is 5.18. The normalized spacial score (nSPS) is 29.1. The summed E-state index contributed by atoms with van der Waals surface area (Å²) in [6.07, 6.45) is 2.18. The lowest BCUT2D eigenvalue weighted by Crippen LogP contribution is -2.50. The van der Waals surface area contributed by atoms with E-state index in [0.29, 0.717) is 5.91 Å². The van der Waals surface area contributed by atoms with Crippen molar-refractivity contribution < 1.29 is 4.79 Å². The highest BCUT2D eigenvalue weighted by Gasteiger charge is 2.27. The maximum Gasteiger partial charge on any atom is 0.227 e. The van der Waals surface area contributed by atoms with Crippen molar-refractivity contribution in [2.75, 3.05) is 39.3 Å². The first-order valence-electron chi connectivity index (χ1n) is 5.70. The molecule has 2 saturated heterocycles. The molecule has 15 heavy (non-hydrogen) atoms. The van der Waals surface area contributed by atoms with Crippen LogP contribution in [0.15, 0.2) is 0 Å². The van der Waals surface area contributed by atoms with Crippen molar-refractivity contribution in [3.63, 3.8) is 0 Å². The van der Waals surface area contributed by atoms with E-state index in [2.05, 4.69) is 18.1 Å². The van der Waals surface area contributed by atoms with E-state index in [4.69, 9.17) is 0 Å². The van der Waals surface area contributed by atoms with Crippen molar-refractivity contribution >= 4 is 18.7 Å². The zero-order valence-corrected chi connectivity index (χ0v) is 9.88. The van der Waals surface area contributed by atoms with E-state index in [1.165, 1.54) is 0 Å². The van der Waals surface area contributed by atoms with E-state index < -0.39 is 0 Å². The van der Waals surface area contributed by atoms with Crippen molar-refractivity contribution in [2.45, 2.75) is 12.8 Å². The molecule has 1 amide bonds. The van der Waals surface area contributed by atoms with E-state index in [-0.39, 0.29) is 5.92 Å². The van der Waals surface area contributed by atoms with E-state index >= 15 is 0 Å². The van der Waals surface area contributed by atoms with Gasteiger partial charge in [0.05, 0.1) is 5.92 Å². The van der Waals surface area contributed by atoms with Crippen LogP contribution in [0.5, 0.6) is 0 Å². The van der Waals surface area contributed by atoms with Crippen LogP contribution >= 0.6 is 12.8 Å². The fourth-order valence-corrected chi connectivity index (χ4v) is 2.42. The molecule has 2 rings (SSSR count). The number of hydrogen-bond donors (Lipinski definition) is 2. The molecule has 1 unspecified atom stereocenters. The summed E-state index contributed by atoms with van der Waals surface area (Å²) in [5.74, 6) is 0.550. The molecule has 0 aromatic carbocycles. The Labute approximate surface area is 96.5 Å². The Hall–Kier alpha value is -0.260. The van der Waals surface area contributed by atoms with Crippen LogP contribution in [-0.2, 0) is 4.79 Å². The number of nitrogens with zero attached hydrogens (tertiary/aromatic N) is 2. The van der Waals surface area contributed by atoms with Gasteiger partial charge in [0.15, 0.2) is 0 Å². The van der Waals surface area contributed by atoms with Crippen molar-refractivity contribution in [3.05, 3.63) is 0 Å². The monoisotopic (exact) mass is 229 g/mol. The molecule has 0 aromatic rings. The van der Waals surface area contributed by atoms with Gasteiger partial charge in [-0.2, -0.15) is 0 Å². The Bertz CT molecular complexity index is 223. The Kier molecular flexibility index (Phi) is 3.88. The number of carbonyl (C=O) groups is 1. The Balaban J connectivity index is 1.84. The number of nitrogens with one attached hydrogen (secondary N) is 1. The molecule has 1 N–H and O–H groups in total. The van der Waals surface area contributed by atoms with Gasteiger partial charge < -0.3 is 10.2 Å². The maximum atomic E-state index is 12.1. The summed E-state index contributed by atoms with van der Waals surface area (Å²) in [5.41, 5.74) is 0. The molecule has 86 valence electrons. The Morgan fingerprint density at radius 3 is 2.60 bits per heavy atom. The molecular weight excluding hydrogens is 210 g/mol. The third-order valence-corrected chi connectivity index (χ3v) is 3.61. The minimum atomic E-state index is 0.213. The average molecular weight is 229 g/mol. The minimum absolute atomic E-state index is 0.213. The van der Waals surface area contributed by atoms with E-state index in [0.717, 1.165) is 52.1 Å². The summed E-state index contributed by atoms with van der Waals surface area (Å²) in [6, 6.07) is 0. The smallest absolute Gasteiger partial charge is 0.227 e. The molecule has 0 bridgehead atoms. The summed E-state index contributed by atoms with van der Waals surface area (Å²) in [5, 5.41) is 3.29. The Morgan fingerprint density at radius 1 is 1.27 bits per heavy atom. The summed E-state index contributed by atoms with van der Waals surface area (Å²) in [7, 11) is 0. The standard InChI is InChI=1S/C10H19N3OS/c14-10(9-2-1-3-11-8-9)12-4-6-13(15)7-5-12/h9,11,15H,1-8H2. The average Bonchev–Trinajstić information content (AvgIpc) is 2.30. The molecule has 4 nitrogen and oxygen atoms in total. The largest absolute Gasteiger partial charge is 0.340 e. The first kappa shape index (κ1) is 11.2. The van der Waals surface area contributed by atoms with Crippen molar-refractivity contribution in [3.8, 4) is 0 Å². The van der Waals surface area contributed by atoms with E-state index in [1.807, 2.05) is 9.21 Å². The number of piperazine rings is 1. The van der Waals surface area contributed by atoms with Crippen molar-refractivity contribution in [1.82, 2.24) is 14.5 Å². The highest BCUT2D eigenvalue weighted by Crippen LogP contribution is 2.15. The van der Waals surface area contributed by atoms with Gasteiger partial charge in [-0.1, -0.05) is 12.8 Å². The van der Waals surface area contributed by atoms with Gasteiger partial charge >= 0.3 is 0 Å². The number of piperidine rings is 1. The molecule has 0 aliphatic carbocycles. The van der Waals surface area contributed by atoms with Gasteiger partial charge in [-0.05, 0) is 19.4 Å². The van der Waals surface area contributed by atoms with Crippen LogP contribution in [0.2, 0.25) is 0 Å². The van der Waals surface area contributed by atoms with Gasteiger partial charge in [0, 0.05) is 32.7 Å². The van der Waals surface area contributed by atoms with Gasteiger partial charge in [-0.15, -0.1) is 0 Å². The number of amides is 1. The molecule has 0 radical (unpaired) electrons. The van der Waals surface area contributed by atoms with Crippen molar-refractivity contribution in [2.24, 2.45) is 5.92 Å². The highest BCUT2D eigenvalue weighted by molar-refractivity contribution is 7.77. The fraction of sp³-hybridized carbons (Fsp3) is 0.900. The lowest BCUT2D eigenvalue weighted by atomic mass is 9.98. The third kappa shape index (κ3) is 2.86. The van der Waals surface area contributed by atoms with Crippen LogP contribution in [-0.4, -0.2) is 54.4 Å². The SMILES string of the molecule is O=C(C1CCCNC1)N1CCN(S)CC1. The molecule has 0 spiro atoms. The first-order chi connectivity index (χ1) is 7.27. The summed E-state index contributed by atoms with van der Waals surface area (Å²) < 4.78 is 1.98. The van der Waals surface area contributed by atoms with Gasteiger partial charge in [-0.25, -0.2) is 4.31 Å². The van der Waals surface area contributed by atoms with Crippen molar-refractivity contribution in [1.29, 1.82) is 0 Å². The van der Waals surface area contributed by atoms with Crippen LogP contribution in [0, 0.1) is 5.92 Å². The fourth-order valence-electron chi connectivity index (χ4n) is 2.24. The number of hydrogen-bond acceptors (Lipinski definition) is 4. The van der Waals surface area contributed by atoms with E-state index in [1.54, 1.807) is 0 Å². The molecular formula is C10H19N3OS. The van der Waals surface area contributed by atoms with Gasteiger partial charge in [0.1, 0.15) is 0 Å². The maximum absolute atomic E-state index is 12.1. The Morgan fingerprint density at radius 2 is 2.00 bits per heavy atom. The van der Waals surface area contributed by atoms with Crippen LogP contribution in [0.25, 0.3) is 0 Å². The second-order valence-electron chi connectivity index (χ2n) is 4.32. The quantitative estimate of drug-likeness (QED) is 0.620. The second-order valence-corrected chi connectivity index (χ2v) is 4.89. The lowest BCUT2D eigenvalue weighted by Gasteiger charge is -2.35. The zero-order valence-electron chi connectivity index (χ0n) is 8.98. The molecule has 5 heteroatoms. The molecule has 2 aliphatic rings. The molecule has 0 aromatic heterocycles. The zero-order chi connectivity index (χ0) is 10.7. The van der Waals surface area contributed by atoms with Crippen LogP contribution in [0.3, 0.4) is 0 Å². The molecule has 2 heterocycles. The summed E-state index contributed by atoms with van der Waals surface area (Å²) in [4.78, 5) is 14.1.